The fourth-order valence-electron chi connectivity index (χ4n) is 2.08. The molecule has 0 amide bonds. The molecule has 2 rings (SSSR count). The van der Waals surface area contributed by atoms with E-state index in [9.17, 15) is 0 Å². The Morgan fingerprint density at radius 3 is 2.64 bits per heavy atom. The van der Waals surface area contributed by atoms with E-state index in [1.54, 1.807) is 11.1 Å². The quantitative estimate of drug-likeness (QED) is 0.535. The highest BCUT2D eigenvalue weighted by molar-refractivity contribution is 5.35. The molecule has 2 aliphatic carbocycles. The van der Waals surface area contributed by atoms with Crippen molar-refractivity contribution in [2.75, 3.05) is 0 Å². The summed E-state index contributed by atoms with van der Waals surface area (Å²) in [7, 11) is 0. The lowest BCUT2D eigenvalue weighted by Gasteiger charge is -2.08. The summed E-state index contributed by atoms with van der Waals surface area (Å²) >= 11 is 0. The second-order valence-corrected chi connectivity index (χ2v) is 3.96. The highest BCUT2D eigenvalue weighted by Crippen LogP contribution is 2.25. The lowest BCUT2D eigenvalue weighted by molar-refractivity contribution is 0.966. The van der Waals surface area contributed by atoms with Gasteiger partial charge in [-0.1, -0.05) is 36.5 Å². The minimum Gasteiger partial charge on any atom is -0.0879 e. The van der Waals surface area contributed by atoms with Crippen LogP contribution in [0.25, 0.3) is 0 Å². The Balaban J connectivity index is 2.09. The van der Waals surface area contributed by atoms with Crippen LogP contribution in [0.15, 0.2) is 47.6 Å². The second kappa shape index (κ2) is 4.99. The number of allylic oxidation sites excluding steroid dienone is 8. The SMILES string of the molecule is C1=CCCC(C2=CCCC=CC2)=CC1. The minimum absolute atomic E-state index is 1.12. The first-order valence-corrected chi connectivity index (χ1v) is 5.65. The molecule has 0 heterocycles. The molecule has 0 aromatic carbocycles. The van der Waals surface area contributed by atoms with E-state index in [0.717, 1.165) is 12.8 Å². The fraction of sp³-hybridized carbons (Fsp3) is 0.429. The molecule has 0 N–H and O–H groups in total. The average Bonchev–Trinajstić information content (AvgIpc) is 2.62. The number of hydrogen-bond acceptors (Lipinski definition) is 0. The van der Waals surface area contributed by atoms with Gasteiger partial charge < -0.3 is 0 Å². The third kappa shape index (κ3) is 2.47. The predicted octanol–water partition coefficient (Wildman–Crippen LogP) is 4.32. The van der Waals surface area contributed by atoms with Crippen LogP contribution in [0.3, 0.4) is 0 Å². The van der Waals surface area contributed by atoms with Crippen LogP contribution < -0.4 is 0 Å². The van der Waals surface area contributed by atoms with Crippen LogP contribution in [-0.4, -0.2) is 0 Å². The molecule has 0 spiro atoms. The smallest absolute Gasteiger partial charge is 0.00980 e. The summed E-state index contributed by atoms with van der Waals surface area (Å²) in [5, 5.41) is 0. The van der Waals surface area contributed by atoms with Crippen LogP contribution in [-0.2, 0) is 0 Å². The summed E-state index contributed by atoms with van der Waals surface area (Å²) in [6, 6.07) is 0. The summed E-state index contributed by atoms with van der Waals surface area (Å²) in [5.41, 5.74) is 3.16. The molecule has 0 nitrogen and oxygen atoms in total. The summed E-state index contributed by atoms with van der Waals surface area (Å²) in [6.45, 7) is 0. The summed E-state index contributed by atoms with van der Waals surface area (Å²) in [6.07, 6.45) is 21.2. The van der Waals surface area contributed by atoms with Crippen LogP contribution in [0.5, 0.6) is 0 Å². The van der Waals surface area contributed by atoms with Gasteiger partial charge in [0.05, 0.1) is 0 Å². The molecule has 0 aromatic rings. The standard InChI is InChI=1S/C14H18/c1-2-6-10-13(9-5-1)14-11-7-3-4-8-12-14/h1-3,7,9,12H,4-6,8,10-11H2. The van der Waals surface area contributed by atoms with Crippen LogP contribution in [0, 0.1) is 0 Å². The molecular formula is C14H18. The van der Waals surface area contributed by atoms with E-state index >= 15 is 0 Å². The van der Waals surface area contributed by atoms with Gasteiger partial charge >= 0.3 is 0 Å². The van der Waals surface area contributed by atoms with Crippen LogP contribution in [0.4, 0.5) is 0 Å². The second-order valence-electron chi connectivity index (χ2n) is 3.96. The first-order chi connectivity index (χ1) is 6.97. The van der Waals surface area contributed by atoms with Crippen molar-refractivity contribution in [1.29, 1.82) is 0 Å². The first kappa shape index (κ1) is 9.51. The van der Waals surface area contributed by atoms with Gasteiger partial charge in [-0.2, -0.15) is 0 Å². The number of hydrogen-bond donors (Lipinski definition) is 0. The molecule has 0 bridgehead atoms. The maximum atomic E-state index is 2.43. The summed E-state index contributed by atoms with van der Waals surface area (Å²) < 4.78 is 0. The molecule has 0 radical (unpaired) electrons. The van der Waals surface area contributed by atoms with E-state index in [1.807, 2.05) is 0 Å². The van der Waals surface area contributed by atoms with Gasteiger partial charge in [0.2, 0.25) is 0 Å². The minimum atomic E-state index is 1.12. The van der Waals surface area contributed by atoms with Crippen molar-refractivity contribution in [3.05, 3.63) is 47.6 Å². The molecule has 0 saturated carbocycles. The van der Waals surface area contributed by atoms with E-state index in [4.69, 9.17) is 0 Å². The Morgan fingerprint density at radius 1 is 0.714 bits per heavy atom. The fourth-order valence-corrected chi connectivity index (χ4v) is 2.08. The topological polar surface area (TPSA) is 0 Å². The first-order valence-electron chi connectivity index (χ1n) is 5.65. The third-order valence-electron chi connectivity index (χ3n) is 2.89. The lowest BCUT2D eigenvalue weighted by atomic mass is 9.98. The molecule has 0 heteroatoms. The van der Waals surface area contributed by atoms with Gasteiger partial charge in [-0.05, 0) is 49.7 Å². The highest BCUT2D eigenvalue weighted by atomic mass is 14.1. The Hall–Kier alpha value is -1.04. The third-order valence-corrected chi connectivity index (χ3v) is 2.89. The largest absolute Gasteiger partial charge is 0.0879 e. The van der Waals surface area contributed by atoms with Crippen molar-refractivity contribution in [2.45, 2.75) is 38.5 Å². The van der Waals surface area contributed by atoms with E-state index in [2.05, 4.69) is 36.5 Å². The van der Waals surface area contributed by atoms with Crippen molar-refractivity contribution < 1.29 is 0 Å². The van der Waals surface area contributed by atoms with Crippen molar-refractivity contribution in [3.63, 3.8) is 0 Å². The summed E-state index contributed by atoms with van der Waals surface area (Å²) in [5.74, 6) is 0. The zero-order valence-electron chi connectivity index (χ0n) is 8.71. The van der Waals surface area contributed by atoms with Crippen LogP contribution in [0.1, 0.15) is 38.5 Å². The van der Waals surface area contributed by atoms with E-state index < -0.39 is 0 Å². The lowest BCUT2D eigenvalue weighted by Crippen LogP contribution is -1.88. The normalized spacial score (nSPS) is 22.3. The Labute approximate surface area is 86.7 Å². The molecule has 0 saturated heterocycles. The van der Waals surface area contributed by atoms with Gasteiger partial charge in [0.1, 0.15) is 0 Å². The van der Waals surface area contributed by atoms with Crippen LogP contribution >= 0.6 is 0 Å². The highest BCUT2D eigenvalue weighted by Gasteiger charge is 2.05. The van der Waals surface area contributed by atoms with Gasteiger partial charge in [0.15, 0.2) is 0 Å². The van der Waals surface area contributed by atoms with Gasteiger partial charge in [-0.15, -0.1) is 0 Å². The van der Waals surface area contributed by atoms with Crippen molar-refractivity contribution in [3.8, 4) is 0 Å². The zero-order valence-corrected chi connectivity index (χ0v) is 8.71. The van der Waals surface area contributed by atoms with Crippen LogP contribution in [0.2, 0.25) is 0 Å². The summed E-state index contributed by atoms with van der Waals surface area (Å²) in [4.78, 5) is 0. The van der Waals surface area contributed by atoms with E-state index in [1.165, 1.54) is 25.7 Å². The van der Waals surface area contributed by atoms with E-state index in [-0.39, 0.29) is 0 Å². The van der Waals surface area contributed by atoms with Gasteiger partial charge in [-0.25, -0.2) is 0 Å². The van der Waals surface area contributed by atoms with E-state index in [0.29, 0.717) is 0 Å². The molecule has 2 aliphatic rings. The molecule has 0 unspecified atom stereocenters. The van der Waals surface area contributed by atoms with Gasteiger partial charge in [-0.3, -0.25) is 0 Å². The Bertz CT molecular complexity index is 300. The molecule has 0 fully saturated rings. The monoisotopic (exact) mass is 186 g/mol. The van der Waals surface area contributed by atoms with Crippen molar-refractivity contribution in [2.24, 2.45) is 0 Å². The molecular weight excluding hydrogens is 168 g/mol. The Kier molecular flexibility index (Phi) is 3.39. The van der Waals surface area contributed by atoms with Gasteiger partial charge in [0.25, 0.3) is 0 Å². The van der Waals surface area contributed by atoms with Crippen molar-refractivity contribution in [1.82, 2.24) is 0 Å². The molecule has 0 aliphatic heterocycles. The Morgan fingerprint density at radius 2 is 1.64 bits per heavy atom. The predicted molar refractivity (Wildman–Crippen MR) is 62.1 cm³/mol. The molecule has 14 heavy (non-hydrogen) atoms. The molecule has 0 aromatic heterocycles. The zero-order chi connectivity index (χ0) is 9.64. The maximum absolute atomic E-state index is 2.43. The average molecular weight is 186 g/mol. The van der Waals surface area contributed by atoms with Gasteiger partial charge in [0, 0.05) is 0 Å². The van der Waals surface area contributed by atoms with Crippen molar-refractivity contribution >= 4 is 0 Å². The number of rotatable bonds is 1. The maximum Gasteiger partial charge on any atom is -0.00980 e. The molecule has 74 valence electrons. The molecule has 0 atom stereocenters.